The van der Waals surface area contributed by atoms with Crippen molar-refractivity contribution < 1.29 is 13.2 Å². The molecule has 1 aliphatic carbocycles. The number of rotatable bonds is 7. The van der Waals surface area contributed by atoms with Crippen molar-refractivity contribution in [3.63, 3.8) is 0 Å². The number of likely N-dealkylation sites (tertiary alicyclic amines) is 1. The molecule has 6 heteroatoms. The molecule has 1 atom stereocenters. The molecule has 1 aromatic carbocycles. The van der Waals surface area contributed by atoms with Gasteiger partial charge in [0.1, 0.15) is 0 Å². The number of nitrogens with one attached hydrogen (secondary N) is 1. The van der Waals surface area contributed by atoms with Gasteiger partial charge in [-0.05, 0) is 49.7 Å². The first-order chi connectivity index (χ1) is 12.1. The van der Waals surface area contributed by atoms with Crippen LogP contribution >= 0.6 is 0 Å². The Labute approximate surface area is 150 Å². The molecule has 3 aliphatic rings. The van der Waals surface area contributed by atoms with Gasteiger partial charge in [-0.2, -0.15) is 0 Å². The number of sulfonamides is 1. The van der Waals surface area contributed by atoms with Crippen LogP contribution in [0.5, 0.6) is 0 Å². The van der Waals surface area contributed by atoms with Crippen LogP contribution < -0.4 is 4.72 Å². The molecule has 138 valence electrons. The van der Waals surface area contributed by atoms with Crippen LogP contribution in [0.15, 0.2) is 35.2 Å². The number of hydrogen-bond acceptors (Lipinski definition) is 4. The molecule has 1 aromatic rings. The van der Waals surface area contributed by atoms with Crippen molar-refractivity contribution in [2.45, 2.75) is 42.6 Å². The molecule has 2 aliphatic heterocycles. The number of hydrogen-bond donors (Lipinski definition) is 1. The lowest BCUT2D eigenvalue weighted by molar-refractivity contribution is -0.139. The van der Waals surface area contributed by atoms with Gasteiger partial charge in [0.25, 0.3) is 0 Å². The fraction of sp³-hybridized carbons (Fsp3) is 0.684. The van der Waals surface area contributed by atoms with E-state index in [0.29, 0.717) is 17.4 Å². The molecule has 0 aromatic heterocycles. The minimum atomic E-state index is -3.40. The fourth-order valence-corrected chi connectivity index (χ4v) is 5.54. The van der Waals surface area contributed by atoms with Crippen molar-refractivity contribution >= 4 is 10.0 Å². The van der Waals surface area contributed by atoms with Crippen molar-refractivity contribution in [3.8, 4) is 0 Å². The van der Waals surface area contributed by atoms with Gasteiger partial charge in [0.2, 0.25) is 10.0 Å². The Hall–Kier alpha value is -0.950. The first-order valence-electron chi connectivity index (χ1n) is 9.48. The lowest BCUT2D eigenvalue weighted by Gasteiger charge is -2.52. The zero-order valence-electron chi connectivity index (χ0n) is 14.7. The van der Waals surface area contributed by atoms with Crippen molar-refractivity contribution in [2.24, 2.45) is 11.8 Å². The van der Waals surface area contributed by atoms with E-state index in [0.717, 1.165) is 38.5 Å². The van der Waals surface area contributed by atoms with Crippen LogP contribution in [0.4, 0.5) is 0 Å². The SMILES string of the molecule is O=S(=O)(NCCC1CCOC12CN(CC1CCC1)C2)c1ccccc1. The van der Waals surface area contributed by atoms with Crippen LogP contribution in [0, 0.1) is 11.8 Å². The van der Waals surface area contributed by atoms with Gasteiger partial charge in [-0.1, -0.05) is 24.6 Å². The number of ether oxygens (including phenoxy) is 1. The van der Waals surface area contributed by atoms with Crippen molar-refractivity contribution in [1.82, 2.24) is 9.62 Å². The van der Waals surface area contributed by atoms with E-state index in [1.165, 1.54) is 25.8 Å². The molecule has 4 rings (SSSR count). The van der Waals surface area contributed by atoms with Crippen LogP contribution in [-0.2, 0) is 14.8 Å². The molecule has 25 heavy (non-hydrogen) atoms. The van der Waals surface area contributed by atoms with Crippen LogP contribution in [0.1, 0.15) is 32.1 Å². The first-order valence-corrected chi connectivity index (χ1v) is 11.0. The quantitative estimate of drug-likeness (QED) is 0.806. The van der Waals surface area contributed by atoms with Gasteiger partial charge in [-0.3, -0.25) is 4.90 Å². The highest BCUT2D eigenvalue weighted by molar-refractivity contribution is 7.89. The van der Waals surface area contributed by atoms with E-state index >= 15 is 0 Å². The van der Waals surface area contributed by atoms with Gasteiger partial charge in [0, 0.05) is 32.8 Å². The van der Waals surface area contributed by atoms with Crippen LogP contribution in [-0.4, -0.2) is 51.7 Å². The Morgan fingerprint density at radius 1 is 1.16 bits per heavy atom. The minimum Gasteiger partial charge on any atom is -0.372 e. The summed E-state index contributed by atoms with van der Waals surface area (Å²) in [5.41, 5.74) is -0.0120. The average Bonchev–Trinajstić information content (AvgIpc) is 2.94. The van der Waals surface area contributed by atoms with E-state index in [-0.39, 0.29) is 5.60 Å². The summed E-state index contributed by atoms with van der Waals surface area (Å²) in [5.74, 6) is 1.36. The first kappa shape index (κ1) is 17.5. The van der Waals surface area contributed by atoms with Gasteiger partial charge in [-0.25, -0.2) is 13.1 Å². The maximum atomic E-state index is 12.3. The summed E-state index contributed by atoms with van der Waals surface area (Å²) in [7, 11) is -3.40. The van der Waals surface area contributed by atoms with Crippen molar-refractivity contribution in [1.29, 1.82) is 0 Å². The molecule has 0 bridgehead atoms. The Morgan fingerprint density at radius 3 is 2.60 bits per heavy atom. The topological polar surface area (TPSA) is 58.6 Å². The Bertz CT molecular complexity index is 682. The molecular formula is C19H28N2O3S. The molecule has 1 saturated carbocycles. The van der Waals surface area contributed by atoms with E-state index in [4.69, 9.17) is 4.74 Å². The monoisotopic (exact) mass is 364 g/mol. The molecular weight excluding hydrogens is 336 g/mol. The Balaban J connectivity index is 1.26. The van der Waals surface area contributed by atoms with E-state index in [1.54, 1.807) is 24.3 Å². The molecule has 5 nitrogen and oxygen atoms in total. The number of nitrogens with zero attached hydrogens (tertiary/aromatic N) is 1. The molecule has 2 heterocycles. The second kappa shape index (κ2) is 6.99. The second-order valence-corrected chi connectivity index (χ2v) is 9.63. The highest BCUT2D eigenvalue weighted by Crippen LogP contribution is 2.42. The fourth-order valence-electron chi connectivity index (χ4n) is 4.47. The second-order valence-electron chi connectivity index (χ2n) is 7.86. The predicted molar refractivity (Wildman–Crippen MR) is 96.8 cm³/mol. The largest absolute Gasteiger partial charge is 0.372 e. The standard InChI is InChI=1S/C19H28N2O3S/c22-25(23,18-7-2-1-3-8-18)20-11-9-17-10-12-24-19(17)14-21(15-19)13-16-5-4-6-16/h1-3,7-8,16-17,20H,4-6,9-15H2. The molecule has 0 radical (unpaired) electrons. The van der Waals surface area contributed by atoms with Gasteiger partial charge in [0.05, 0.1) is 10.5 Å². The molecule has 1 unspecified atom stereocenters. The highest BCUT2D eigenvalue weighted by Gasteiger charge is 2.52. The van der Waals surface area contributed by atoms with Gasteiger partial charge in [0.15, 0.2) is 0 Å². The number of benzene rings is 1. The minimum absolute atomic E-state index is 0.0120. The summed E-state index contributed by atoms with van der Waals surface area (Å²) in [4.78, 5) is 2.86. The summed E-state index contributed by atoms with van der Waals surface area (Å²) in [6.07, 6.45) is 6.06. The smallest absolute Gasteiger partial charge is 0.240 e. The predicted octanol–water partition coefficient (Wildman–Crippen LogP) is 2.25. The van der Waals surface area contributed by atoms with E-state index in [2.05, 4.69) is 9.62 Å². The molecule has 0 amide bonds. The molecule has 2 saturated heterocycles. The molecule has 1 N–H and O–H groups in total. The van der Waals surface area contributed by atoms with Gasteiger partial charge >= 0.3 is 0 Å². The lowest BCUT2D eigenvalue weighted by Crippen LogP contribution is -2.65. The average molecular weight is 365 g/mol. The van der Waals surface area contributed by atoms with Crippen LogP contribution in [0.3, 0.4) is 0 Å². The van der Waals surface area contributed by atoms with E-state index in [1.807, 2.05) is 6.07 Å². The molecule has 1 spiro atoms. The van der Waals surface area contributed by atoms with Gasteiger partial charge < -0.3 is 4.74 Å². The normalized spacial score (nSPS) is 26.5. The maximum absolute atomic E-state index is 12.3. The zero-order chi connectivity index (χ0) is 17.3. The molecule has 3 fully saturated rings. The highest BCUT2D eigenvalue weighted by atomic mass is 32.2. The summed E-state index contributed by atoms with van der Waals surface area (Å²) in [6.45, 7) is 4.57. The Morgan fingerprint density at radius 2 is 1.92 bits per heavy atom. The summed E-state index contributed by atoms with van der Waals surface area (Å²) in [6, 6.07) is 8.59. The van der Waals surface area contributed by atoms with Gasteiger partial charge in [-0.15, -0.1) is 0 Å². The zero-order valence-corrected chi connectivity index (χ0v) is 15.5. The Kier molecular flexibility index (Phi) is 4.88. The third kappa shape index (κ3) is 3.63. The maximum Gasteiger partial charge on any atom is 0.240 e. The lowest BCUT2D eigenvalue weighted by atomic mass is 9.77. The van der Waals surface area contributed by atoms with E-state index in [9.17, 15) is 8.42 Å². The van der Waals surface area contributed by atoms with Crippen molar-refractivity contribution in [3.05, 3.63) is 30.3 Å². The summed E-state index contributed by atoms with van der Waals surface area (Å²) >= 11 is 0. The third-order valence-corrected chi connectivity index (χ3v) is 7.64. The van der Waals surface area contributed by atoms with Crippen molar-refractivity contribution in [2.75, 3.05) is 32.8 Å². The third-order valence-electron chi connectivity index (χ3n) is 6.16. The van der Waals surface area contributed by atoms with Crippen LogP contribution in [0.25, 0.3) is 0 Å². The van der Waals surface area contributed by atoms with Crippen LogP contribution in [0.2, 0.25) is 0 Å². The van der Waals surface area contributed by atoms with E-state index < -0.39 is 10.0 Å². The summed E-state index contributed by atoms with van der Waals surface area (Å²) < 4.78 is 33.5. The summed E-state index contributed by atoms with van der Waals surface area (Å²) in [5, 5.41) is 0.